The van der Waals surface area contributed by atoms with Crippen LogP contribution in [0.3, 0.4) is 0 Å². The molecule has 0 saturated heterocycles. The third-order valence-corrected chi connectivity index (χ3v) is 6.04. The second-order valence-corrected chi connectivity index (χ2v) is 8.32. The van der Waals surface area contributed by atoms with Gasteiger partial charge >= 0.3 is 0 Å². The summed E-state index contributed by atoms with van der Waals surface area (Å²) < 4.78 is 24.2. The van der Waals surface area contributed by atoms with E-state index >= 15 is 0 Å². The zero-order valence-corrected chi connectivity index (χ0v) is 21.2. The highest BCUT2D eigenvalue weighted by Crippen LogP contribution is 2.41. The maximum absolute atomic E-state index is 5.88. The molecule has 7 nitrogen and oxygen atoms in total. The second kappa shape index (κ2) is 11.9. The summed E-state index contributed by atoms with van der Waals surface area (Å²) >= 11 is 1.49. The summed E-state index contributed by atoms with van der Waals surface area (Å²) in [6.07, 6.45) is 3.53. The molecule has 1 aromatic heterocycles. The Labute approximate surface area is 214 Å². The van der Waals surface area contributed by atoms with Crippen molar-refractivity contribution in [1.82, 2.24) is 4.68 Å². The average Bonchev–Trinajstić information content (AvgIpc) is 3.33. The smallest absolute Gasteiger partial charge is 0.206 e. The Balaban J connectivity index is 1.69. The maximum Gasteiger partial charge on any atom is 0.206 e. The number of aromatic nitrogens is 1. The van der Waals surface area contributed by atoms with E-state index in [1.54, 1.807) is 38.3 Å². The monoisotopic (exact) mass is 501 g/mol. The molecule has 184 valence electrons. The van der Waals surface area contributed by atoms with Gasteiger partial charge in [-0.3, -0.25) is 4.99 Å². The van der Waals surface area contributed by atoms with Crippen LogP contribution in [-0.4, -0.2) is 38.8 Å². The molecule has 1 heterocycles. The van der Waals surface area contributed by atoms with Gasteiger partial charge in [-0.1, -0.05) is 24.3 Å². The fraction of sp³-hybridized carbons (Fsp3) is 0.143. The van der Waals surface area contributed by atoms with Crippen molar-refractivity contribution in [2.24, 2.45) is 10.1 Å². The molecule has 0 radical (unpaired) electrons. The second-order valence-electron chi connectivity index (χ2n) is 7.49. The number of thiazole rings is 1. The van der Waals surface area contributed by atoms with Crippen molar-refractivity contribution < 1.29 is 18.9 Å². The normalized spacial score (nSPS) is 11.5. The minimum absolute atomic E-state index is 0.482. The highest BCUT2D eigenvalue weighted by atomic mass is 32.1. The van der Waals surface area contributed by atoms with E-state index in [1.807, 2.05) is 72.1 Å². The Kier molecular flexibility index (Phi) is 8.20. The molecule has 3 aromatic carbocycles. The van der Waals surface area contributed by atoms with Crippen LogP contribution < -0.4 is 23.7 Å². The van der Waals surface area contributed by atoms with Crippen molar-refractivity contribution in [2.75, 3.05) is 27.9 Å². The standard InChI is InChI=1S/C28H27N3O4S/c1-5-15-29-28-31(24(19-36-28)21-16-25(32-2)27(34-4)26(17-21)33-3)30-18-20-11-13-23(14-12-20)35-22-9-7-6-8-10-22/h5-14,16-19H,1,15H2,2-4H3. The number of nitrogens with zero attached hydrogens (tertiary/aromatic N) is 3. The van der Waals surface area contributed by atoms with Crippen molar-refractivity contribution in [3.05, 3.63) is 95.1 Å². The lowest BCUT2D eigenvalue weighted by Gasteiger charge is -2.14. The summed E-state index contributed by atoms with van der Waals surface area (Å²) in [4.78, 5) is 5.34. The first kappa shape index (κ1) is 24.8. The quantitative estimate of drug-likeness (QED) is 0.197. The zero-order valence-electron chi connectivity index (χ0n) is 20.4. The molecule has 0 aliphatic rings. The number of hydrogen-bond acceptors (Lipinski definition) is 7. The number of benzene rings is 3. The summed E-state index contributed by atoms with van der Waals surface area (Å²) in [5.74, 6) is 3.19. The van der Waals surface area contributed by atoms with Gasteiger partial charge in [-0.2, -0.15) is 5.10 Å². The lowest BCUT2D eigenvalue weighted by molar-refractivity contribution is 0.324. The molecule has 36 heavy (non-hydrogen) atoms. The van der Waals surface area contributed by atoms with Crippen LogP contribution in [0.4, 0.5) is 0 Å². The minimum Gasteiger partial charge on any atom is -0.493 e. The molecule has 0 aliphatic carbocycles. The molecule has 0 saturated carbocycles. The largest absolute Gasteiger partial charge is 0.493 e. The zero-order chi connectivity index (χ0) is 25.3. The highest BCUT2D eigenvalue weighted by Gasteiger charge is 2.17. The summed E-state index contributed by atoms with van der Waals surface area (Å²) in [7, 11) is 4.77. The predicted molar refractivity (Wildman–Crippen MR) is 144 cm³/mol. The molecular formula is C28H27N3O4S. The van der Waals surface area contributed by atoms with Crippen LogP contribution in [0.15, 0.2) is 94.9 Å². The number of ether oxygens (including phenoxy) is 4. The molecule has 0 amide bonds. The van der Waals surface area contributed by atoms with E-state index in [0.29, 0.717) is 23.8 Å². The van der Waals surface area contributed by atoms with Gasteiger partial charge < -0.3 is 18.9 Å². The fourth-order valence-electron chi connectivity index (χ4n) is 3.46. The van der Waals surface area contributed by atoms with Gasteiger partial charge in [-0.15, -0.1) is 17.9 Å². The van der Waals surface area contributed by atoms with E-state index in [0.717, 1.165) is 33.1 Å². The minimum atomic E-state index is 0.482. The number of rotatable bonds is 10. The van der Waals surface area contributed by atoms with Gasteiger partial charge in [-0.25, -0.2) is 4.68 Å². The van der Waals surface area contributed by atoms with Crippen molar-refractivity contribution in [3.63, 3.8) is 0 Å². The van der Waals surface area contributed by atoms with Crippen LogP contribution in [0.2, 0.25) is 0 Å². The number of methoxy groups -OCH3 is 3. The molecule has 0 fully saturated rings. The summed E-state index contributed by atoms with van der Waals surface area (Å²) in [6, 6.07) is 21.2. The fourth-order valence-corrected chi connectivity index (χ4v) is 4.31. The van der Waals surface area contributed by atoms with E-state index < -0.39 is 0 Å². The van der Waals surface area contributed by atoms with E-state index in [2.05, 4.69) is 11.6 Å². The third kappa shape index (κ3) is 5.67. The Bertz CT molecular complexity index is 1380. The lowest BCUT2D eigenvalue weighted by Crippen LogP contribution is -2.12. The maximum atomic E-state index is 5.88. The summed E-state index contributed by atoms with van der Waals surface area (Å²) in [6.45, 7) is 4.25. The Hall–Kier alpha value is -4.30. The van der Waals surface area contributed by atoms with Crippen LogP contribution in [0.25, 0.3) is 11.3 Å². The van der Waals surface area contributed by atoms with E-state index in [4.69, 9.17) is 24.0 Å². The van der Waals surface area contributed by atoms with E-state index in [9.17, 15) is 0 Å². The van der Waals surface area contributed by atoms with E-state index in [-0.39, 0.29) is 0 Å². The van der Waals surface area contributed by atoms with Gasteiger partial charge in [-0.05, 0) is 54.1 Å². The lowest BCUT2D eigenvalue weighted by atomic mass is 10.1. The predicted octanol–water partition coefficient (Wildman–Crippen LogP) is 6.00. The molecule has 0 bridgehead atoms. The van der Waals surface area contributed by atoms with Crippen LogP contribution in [0.5, 0.6) is 28.7 Å². The van der Waals surface area contributed by atoms with Gasteiger partial charge in [0.2, 0.25) is 10.6 Å². The number of hydrogen-bond donors (Lipinski definition) is 0. The molecule has 4 rings (SSSR count). The molecule has 0 aliphatic heterocycles. The van der Waals surface area contributed by atoms with Crippen molar-refractivity contribution in [2.45, 2.75) is 0 Å². The van der Waals surface area contributed by atoms with Gasteiger partial charge in [0.15, 0.2) is 11.5 Å². The van der Waals surface area contributed by atoms with Crippen LogP contribution in [-0.2, 0) is 0 Å². The van der Waals surface area contributed by atoms with Crippen LogP contribution in [0.1, 0.15) is 5.56 Å². The first-order valence-corrected chi connectivity index (χ1v) is 12.0. The Morgan fingerprint density at radius 2 is 1.56 bits per heavy atom. The first-order valence-electron chi connectivity index (χ1n) is 11.2. The average molecular weight is 502 g/mol. The molecule has 0 spiro atoms. The van der Waals surface area contributed by atoms with Gasteiger partial charge in [0.05, 0.1) is 39.8 Å². The van der Waals surface area contributed by atoms with Crippen LogP contribution in [0, 0.1) is 0 Å². The summed E-state index contributed by atoms with van der Waals surface area (Å²) in [5, 5.41) is 6.75. The number of para-hydroxylation sites is 1. The van der Waals surface area contributed by atoms with Gasteiger partial charge in [0.1, 0.15) is 11.5 Å². The SMILES string of the molecule is C=CCN=c1scc(-c2cc(OC)c(OC)c(OC)c2)n1N=Cc1ccc(Oc2ccccc2)cc1. The van der Waals surface area contributed by atoms with E-state index in [1.165, 1.54) is 11.3 Å². The van der Waals surface area contributed by atoms with Crippen molar-refractivity contribution >= 4 is 17.6 Å². The first-order chi connectivity index (χ1) is 17.7. The van der Waals surface area contributed by atoms with Crippen molar-refractivity contribution in [1.29, 1.82) is 0 Å². The Morgan fingerprint density at radius 1 is 0.889 bits per heavy atom. The molecule has 0 atom stereocenters. The van der Waals surface area contributed by atoms with Gasteiger partial charge in [0.25, 0.3) is 0 Å². The Morgan fingerprint density at radius 3 is 2.17 bits per heavy atom. The highest BCUT2D eigenvalue weighted by molar-refractivity contribution is 7.07. The third-order valence-electron chi connectivity index (χ3n) is 5.18. The topological polar surface area (TPSA) is 66.6 Å². The van der Waals surface area contributed by atoms with Gasteiger partial charge in [0, 0.05) is 10.9 Å². The molecular weight excluding hydrogens is 474 g/mol. The molecule has 0 N–H and O–H groups in total. The summed E-state index contributed by atoms with van der Waals surface area (Å²) in [5.41, 5.74) is 2.60. The molecule has 0 unspecified atom stereocenters. The molecule has 8 heteroatoms. The van der Waals surface area contributed by atoms with Crippen LogP contribution >= 0.6 is 11.3 Å². The van der Waals surface area contributed by atoms with Crippen molar-refractivity contribution in [3.8, 4) is 40.0 Å². The molecule has 4 aromatic rings.